The van der Waals surface area contributed by atoms with Crippen LogP contribution in [0.4, 0.5) is 0 Å². The monoisotopic (exact) mass is 466 g/mol. The number of benzene rings is 3. The second kappa shape index (κ2) is 10.4. The molecule has 1 aliphatic heterocycles. The van der Waals surface area contributed by atoms with Gasteiger partial charge in [-0.1, -0.05) is 55.3 Å². The highest BCUT2D eigenvalue weighted by Gasteiger charge is 2.26. The van der Waals surface area contributed by atoms with Gasteiger partial charge in [0.2, 0.25) is 10.0 Å². The van der Waals surface area contributed by atoms with E-state index in [1.54, 1.807) is 16.4 Å². The predicted molar refractivity (Wildman–Crippen MR) is 130 cm³/mol. The van der Waals surface area contributed by atoms with Gasteiger partial charge in [-0.2, -0.15) is 4.31 Å². The van der Waals surface area contributed by atoms with Gasteiger partial charge < -0.3 is 10.1 Å². The van der Waals surface area contributed by atoms with Crippen LogP contribution in [0.1, 0.15) is 41.6 Å². The smallest absolute Gasteiger partial charge is 0.251 e. The summed E-state index contributed by atoms with van der Waals surface area (Å²) in [5.74, 6) is 0.464. The molecular weight excluding hydrogens is 436 g/mol. The van der Waals surface area contributed by atoms with Crippen LogP contribution < -0.4 is 10.1 Å². The lowest BCUT2D eigenvalue weighted by atomic mass is 10.1. The Balaban J connectivity index is 1.41. The SMILES string of the molecule is Cc1ccc(S(=O)(=O)N2CCCCCC2)cc1C(=O)NCCOc1cccc2ccccc12. The van der Waals surface area contributed by atoms with E-state index in [9.17, 15) is 13.2 Å². The number of nitrogens with zero attached hydrogens (tertiary/aromatic N) is 1. The molecule has 1 saturated heterocycles. The molecule has 0 aromatic heterocycles. The van der Waals surface area contributed by atoms with Gasteiger partial charge in [-0.05, 0) is 48.9 Å². The molecule has 0 unspecified atom stereocenters. The summed E-state index contributed by atoms with van der Waals surface area (Å²) in [4.78, 5) is 13.0. The quantitative estimate of drug-likeness (QED) is 0.520. The highest BCUT2D eigenvalue weighted by molar-refractivity contribution is 7.89. The van der Waals surface area contributed by atoms with E-state index in [1.807, 2.05) is 49.4 Å². The molecule has 0 atom stereocenters. The number of aryl methyl sites for hydroxylation is 1. The van der Waals surface area contributed by atoms with Gasteiger partial charge >= 0.3 is 0 Å². The maximum absolute atomic E-state index is 13.1. The minimum Gasteiger partial charge on any atom is -0.491 e. The number of hydrogen-bond donors (Lipinski definition) is 1. The maximum atomic E-state index is 13.1. The molecule has 174 valence electrons. The third kappa shape index (κ3) is 5.37. The fourth-order valence-electron chi connectivity index (χ4n) is 4.18. The summed E-state index contributed by atoms with van der Waals surface area (Å²) >= 11 is 0. The van der Waals surface area contributed by atoms with Crippen molar-refractivity contribution in [3.63, 3.8) is 0 Å². The minimum absolute atomic E-state index is 0.173. The van der Waals surface area contributed by atoms with Crippen LogP contribution in [0.25, 0.3) is 10.8 Å². The molecule has 6 nitrogen and oxygen atoms in total. The Morgan fingerprint density at radius 1 is 0.970 bits per heavy atom. The fraction of sp³-hybridized carbons (Fsp3) is 0.346. The normalized spacial score (nSPS) is 15.2. The molecule has 1 heterocycles. The first-order valence-corrected chi connectivity index (χ1v) is 12.9. The van der Waals surface area contributed by atoms with E-state index in [2.05, 4.69) is 5.32 Å². The molecule has 0 radical (unpaired) electrons. The Bertz CT molecular complexity index is 1230. The molecule has 3 aromatic carbocycles. The van der Waals surface area contributed by atoms with Gasteiger partial charge in [-0.25, -0.2) is 8.42 Å². The highest BCUT2D eigenvalue weighted by atomic mass is 32.2. The van der Waals surface area contributed by atoms with Crippen molar-refractivity contribution in [2.45, 2.75) is 37.5 Å². The zero-order valence-corrected chi connectivity index (χ0v) is 19.7. The van der Waals surface area contributed by atoms with Crippen LogP contribution >= 0.6 is 0 Å². The van der Waals surface area contributed by atoms with Gasteiger partial charge in [0.15, 0.2) is 0 Å². The number of fused-ring (bicyclic) bond motifs is 1. The third-order valence-corrected chi connectivity index (χ3v) is 7.95. The van der Waals surface area contributed by atoms with Crippen molar-refractivity contribution in [2.24, 2.45) is 0 Å². The summed E-state index contributed by atoms with van der Waals surface area (Å²) in [7, 11) is -3.61. The lowest BCUT2D eigenvalue weighted by Crippen LogP contribution is -2.32. The Labute approximate surface area is 195 Å². The molecule has 4 rings (SSSR count). The van der Waals surface area contributed by atoms with Crippen molar-refractivity contribution in [3.05, 3.63) is 71.8 Å². The summed E-state index contributed by atoms with van der Waals surface area (Å²) in [6.45, 7) is 3.49. The Morgan fingerprint density at radius 3 is 2.48 bits per heavy atom. The molecule has 0 aliphatic carbocycles. The predicted octanol–water partition coefficient (Wildman–Crippen LogP) is 4.52. The van der Waals surface area contributed by atoms with Crippen LogP contribution in [0.2, 0.25) is 0 Å². The Hall–Kier alpha value is -2.90. The third-order valence-electron chi connectivity index (χ3n) is 6.05. The minimum atomic E-state index is -3.61. The van der Waals surface area contributed by atoms with Gasteiger partial charge in [0, 0.05) is 24.0 Å². The molecule has 1 fully saturated rings. The number of ether oxygens (including phenoxy) is 1. The number of nitrogens with one attached hydrogen (secondary N) is 1. The van der Waals surface area contributed by atoms with Crippen LogP contribution in [0, 0.1) is 6.92 Å². The van der Waals surface area contributed by atoms with E-state index in [0.29, 0.717) is 31.8 Å². The van der Waals surface area contributed by atoms with Gasteiger partial charge in [0.25, 0.3) is 5.91 Å². The second-order valence-corrected chi connectivity index (χ2v) is 10.3. The van der Waals surface area contributed by atoms with Crippen LogP contribution in [0.3, 0.4) is 0 Å². The van der Waals surface area contributed by atoms with Crippen molar-refractivity contribution >= 4 is 26.7 Å². The Kier molecular flexibility index (Phi) is 7.30. The van der Waals surface area contributed by atoms with Crippen LogP contribution in [-0.4, -0.2) is 44.9 Å². The second-order valence-electron chi connectivity index (χ2n) is 8.38. The standard InChI is InChI=1S/C26H30N2O4S/c1-20-13-14-22(33(30,31)28-16-6-2-3-7-17-28)19-24(20)26(29)27-15-18-32-25-12-8-10-21-9-4-5-11-23(21)25/h4-5,8-14,19H,2-3,6-7,15-18H2,1H3,(H,27,29). The number of carbonyl (C=O) groups is 1. The molecule has 7 heteroatoms. The number of amides is 1. The maximum Gasteiger partial charge on any atom is 0.251 e. The van der Waals surface area contributed by atoms with Crippen molar-refractivity contribution in [3.8, 4) is 5.75 Å². The topological polar surface area (TPSA) is 75.7 Å². The zero-order valence-electron chi connectivity index (χ0n) is 18.9. The van der Waals surface area contributed by atoms with Crippen LogP contribution in [-0.2, 0) is 10.0 Å². The van der Waals surface area contributed by atoms with Gasteiger partial charge in [0.1, 0.15) is 12.4 Å². The summed E-state index contributed by atoms with van der Waals surface area (Å²) in [5, 5.41) is 4.97. The van der Waals surface area contributed by atoms with Gasteiger partial charge in [0.05, 0.1) is 11.4 Å². The average molecular weight is 467 g/mol. The fourth-order valence-corrected chi connectivity index (χ4v) is 5.72. The van der Waals surface area contributed by atoms with Crippen LogP contribution in [0.15, 0.2) is 65.6 Å². The number of sulfonamides is 1. The number of rotatable bonds is 7. The van der Waals surface area contributed by atoms with Crippen molar-refractivity contribution < 1.29 is 17.9 Å². The molecular formula is C26H30N2O4S. The Morgan fingerprint density at radius 2 is 1.70 bits per heavy atom. The summed E-state index contributed by atoms with van der Waals surface area (Å²) in [6, 6.07) is 18.6. The van der Waals surface area contributed by atoms with E-state index in [4.69, 9.17) is 4.74 Å². The van der Waals surface area contributed by atoms with Gasteiger partial charge in [-0.15, -0.1) is 0 Å². The first-order chi connectivity index (χ1) is 16.0. The van der Waals surface area contributed by atoms with Gasteiger partial charge in [-0.3, -0.25) is 4.79 Å². The van der Waals surface area contributed by atoms with Crippen molar-refractivity contribution in [1.82, 2.24) is 9.62 Å². The largest absolute Gasteiger partial charge is 0.491 e. The molecule has 33 heavy (non-hydrogen) atoms. The first-order valence-electron chi connectivity index (χ1n) is 11.5. The van der Waals surface area contributed by atoms with E-state index in [0.717, 1.165) is 47.8 Å². The molecule has 0 spiro atoms. The van der Waals surface area contributed by atoms with Crippen molar-refractivity contribution in [1.29, 1.82) is 0 Å². The lowest BCUT2D eigenvalue weighted by molar-refractivity contribution is 0.0946. The lowest BCUT2D eigenvalue weighted by Gasteiger charge is -2.20. The van der Waals surface area contributed by atoms with E-state index in [1.165, 1.54) is 6.07 Å². The highest BCUT2D eigenvalue weighted by Crippen LogP contribution is 2.25. The molecule has 3 aromatic rings. The van der Waals surface area contributed by atoms with E-state index < -0.39 is 10.0 Å². The molecule has 1 N–H and O–H groups in total. The average Bonchev–Trinajstić information content (AvgIpc) is 3.12. The summed E-state index contributed by atoms with van der Waals surface area (Å²) in [6.07, 6.45) is 3.84. The summed E-state index contributed by atoms with van der Waals surface area (Å²) in [5.41, 5.74) is 1.10. The molecule has 0 bridgehead atoms. The van der Waals surface area contributed by atoms with Crippen LogP contribution in [0.5, 0.6) is 5.75 Å². The molecule has 0 saturated carbocycles. The molecule has 1 aliphatic rings. The first kappa shape index (κ1) is 23.3. The van der Waals surface area contributed by atoms with E-state index in [-0.39, 0.29) is 10.8 Å². The summed E-state index contributed by atoms with van der Waals surface area (Å²) < 4.78 is 33.7. The van der Waals surface area contributed by atoms with Crippen molar-refractivity contribution in [2.75, 3.05) is 26.2 Å². The molecule has 1 amide bonds. The number of carbonyl (C=O) groups excluding carboxylic acids is 1. The zero-order chi connectivity index (χ0) is 23.3. The van der Waals surface area contributed by atoms with E-state index >= 15 is 0 Å². The number of hydrogen-bond acceptors (Lipinski definition) is 4.